The number of hydrogen-bond acceptors (Lipinski definition) is 4. The van der Waals surface area contributed by atoms with E-state index >= 15 is 0 Å². The molecule has 4 bridgehead atoms. The van der Waals surface area contributed by atoms with E-state index in [2.05, 4.69) is 15.5 Å². The average molecular weight is 254 g/mol. The van der Waals surface area contributed by atoms with Crippen molar-refractivity contribution in [2.75, 3.05) is 5.32 Å². The van der Waals surface area contributed by atoms with Gasteiger partial charge in [-0.2, -0.15) is 5.26 Å². The maximum Gasteiger partial charge on any atom is 0.163 e. The van der Waals surface area contributed by atoms with Crippen molar-refractivity contribution < 1.29 is 0 Å². The second-order valence-corrected chi connectivity index (χ2v) is 6.52. The van der Waals surface area contributed by atoms with Gasteiger partial charge in [0.05, 0.1) is 0 Å². The molecular weight excluding hydrogens is 236 g/mol. The molecule has 4 nitrogen and oxygen atoms in total. The molecule has 4 aliphatic rings. The van der Waals surface area contributed by atoms with Crippen molar-refractivity contribution >= 4 is 5.82 Å². The van der Waals surface area contributed by atoms with E-state index in [-0.39, 0.29) is 0 Å². The molecule has 4 heteroatoms. The molecule has 0 radical (unpaired) electrons. The van der Waals surface area contributed by atoms with Crippen LogP contribution in [0, 0.1) is 35.0 Å². The van der Waals surface area contributed by atoms with Crippen molar-refractivity contribution in [3.8, 4) is 6.07 Å². The summed E-state index contributed by atoms with van der Waals surface area (Å²) in [4.78, 5) is 0. The molecule has 0 atom stereocenters. The molecule has 5 rings (SSSR count). The van der Waals surface area contributed by atoms with Crippen LogP contribution in [0.5, 0.6) is 0 Å². The van der Waals surface area contributed by atoms with Crippen LogP contribution in [0.1, 0.15) is 37.8 Å². The predicted molar refractivity (Wildman–Crippen MR) is 71.2 cm³/mol. The van der Waals surface area contributed by atoms with Crippen molar-refractivity contribution in [1.29, 1.82) is 5.26 Å². The van der Waals surface area contributed by atoms with Crippen molar-refractivity contribution in [3.05, 3.63) is 17.8 Å². The van der Waals surface area contributed by atoms with E-state index in [1.165, 1.54) is 32.1 Å². The third-order valence-electron chi connectivity index (χ3n) is 5.32. The number of aromatic nitrogens is 2. The summed E-state index contributed by atoms with van der Waals surface area (Å²) >= 11 is 0. The smallest absolute Gasteiger partial charge is 0.163 e. The monoisotopic (exact) mass is 254 g/mol. The highest BCUT2D eigenvalue weighted by Gasteiger charge is 2.48. The third kappa shape index (κ3) is 1.88. The molecule has 4 fully saturated rings. The molecule has 0 amide bonds. The fourth-order valence-corrected chi connectivity index (χ4v) is 4.80. The lowest BCUT2D eigenvalue weighted by Gasteiger charge is -2.54. The maximum atomic E-state index is 8.74. The molecule has 0 saturated heterocycles. The molecule has 4 aliphatic carbocycles. The molecule has 4 saturated carbocycles. The first-order valence-corrected chi connectivity index (χ1v) is 7.32. The van der Waals surface area contributed by atoms with E-state index in [4.69, 9.17) is 5.26 Å². The molecule has 1 aromatic heterocycles. The van der Waals surface area contributed by atoms with Gasteiger partial charge >= 0.3 is 0 Å². The highest BCUT2D eigenvalue weighted by molar-refractivity contribution is 5.37. The topological polar surface area (TPSA) is 61.6 Å². The summed E-state index contributed by atoms with van der Waals surface area (Å²) in [6.07, 6.45) is 7.07. The Morgan fingerprint density at radius 3 is 2.21 bits per heavy atom. The molecule has 0 spiro atoms. The highest BCUT2D eigenvalue weighted by Crippen LogP contribution is 2.54. The van der Waals surface area contributed by atoms with Gasteiger partial charge in [0.2, 0.25) is 0 Å². The second kappa shape index (κ2) is 4.19. The van der Waals surface area contributed by atoms with E-state index in [1.807, 2.05) is 12.1 Å². The van der Waals surface area contributed by atoms with Gasteiger partial charge in [0.15, 0.2) is 5.69 Å². The van der Waals surface area contributed by atoms with E-state index in [1.54, 1.807) is 6.07 Å². The van der Waals surface area contributed by atoms with Crippen molar-refractivity contribution in [2.45, 2.75) is 38.1 Å². The fraction of sp³-hybridized carbons (Fsp3) is 0.667. The zero-order chi connectivity index (χ0) is 12.8. The van der Waals surface area contributed by atoms with Crippen molar-refractivity contribution in [3.63, 3.8) is 0 Å². The van der Waals surface area contributed by atoms with Crippen LogP contribution in [-0.4, -0.2) is 16.2 Å². The second-order valence-electron chi connectivity index (χ2n) is 6.52. The van der Waals surface area contributed by atoms with Crippen LogP contribution < -0.4 is 5.32 Å². The average Bonchev–Trinajstić information content (AvgIpc) is 2.43. The summed E-state index contributed by atoms with van der Waals surface area (Å²) in [6, 6.07) is 6.21. The van der Waals surface area contributed by atoms with Gasteiger partial charge in [-0.05, 0) is 67.9 Å². The highest BCUT2D eigenvalue weighted by atomic mass is 15.2. The lowest BCUT2D eigenvalue weighted by Crippen LogP contribution is -2.51. The van der Waals surface area contributed by atoms with Gasteiger partial charge in [0.25, 0.3) is 0 Å². The van der Waals surface area contributed by atoms with Gasteiger partial charge in [-0.15, -0.1) is 10.2 Å². The molecule has 0 aliphatic heterocycles. The minimum atomic E-state index is 0.385. The summed E-state index contributed by atoms with van der Waals surface area (Å²) in [5, 5.41) is 20.4. The van der Waals surface area contributed by atoms with Crippen LogP contribution in [0.4, 0.5) is 5.82 Å². The summed E-state index contributed by atoms with van der Waals surface area (Å²) in [7, 11) is 0. The standard InChI is InChI=1S/C15H18N4/c16-8-13-1-2-14(19-18-13)17-15-11-4-9-3-10(6-11)7-12(15)5-9/h1-2,9-12,15H,3-7H2,(H,17,19). The van der Waals surface area contributed by atoms with Crippen LogP contribution in [0.25, 0.3) is 0 Å². The van der Waals surface area contributed by atoms with Crippen molar-refractivity contribution in [2.24, 2.45) is 23.7 Å². The van der Waals surface area contributed by atoms with E-state index in [0.29, 0.717) is 11.7 Å². The number of nitrogens with zero attached hydrogens (tertiary/aromatic N) is 3. The first-order chi connectivity index (χ1) is 9.31. The quantitative estimate of drug-likeness (QED) is 0.881. The Bertz CT molecular complexity index is 488. The number of anilines is 1. The number of hydrogen-bond donors (Lipinski definition) is 1. The number of nitrogens with one attached hydrogen (secondary N) is 1. The summed E-state index contributed by atoms with van der Waals surface area (Å²) < 4.78 is 0. The number of nitriles is 1. The maximum absolute atomic E-state index is 8.74. The van der Waals surface area contributed by atoms with Crippen LogP contribution in [0.3, 0.4) is 0 Å². The molecule has 0 unspecified atom stereocenters. The predicted octanol–water partition coefficient (Wildman–Crippen LogP) is 2.58. The van der Waals surface area contributed by atoms with Crippen molar-refractivity contribution in [1.82, 2.24) is 10.2 Å². The van der Waals surface area contributed by atoms with E-state index < -0.39 is 0 Å². The van der Waals surface area contributed by atoms with Gasteiger partial charge in [0, 0.05) is 6.04 Å². The lowest BCUT2D eigenvalue weighted by atomic mass is 9.54. The minimum absolute atomic E-state index is 0.385. The first kappa shape index (κ1) is 11.2. The van der Waals surface area contributed by atoms with Crippen LogP contribution in [-0.2, 0) is 0 Å². The Morgan fingerprint density at radius 1 is 1.00 bits per heavy atom. The largest absolute Gasteiger partial charge is 0.365 e. The zero-order valence-electron chi connectivity index (χ0n) is 10.9. The molecule has 0 aromatic carbocycles. The Balaban J connectivity index is 1.52. The number of rotatable bonds is 2. The third-order valence-corrected chi connectivity index (χ3v) is 5.32. The van der Waals surface area contributed by atoms with Crippen LogP contribution in [0.2, 0.25) is 0 Å². The fourth-order valence-electron chi connectivity index (χ4n) is 4.80. The van der Waals surface area contributed by atoms with Crippen LogP contribution >= 0.6 is 0 Å². The van der Waals surface area contributed by atoms with E-state index in [0.717, 1.165) is 29.5 Å². The molecular formula is C15H18N4. The van der Waals surface area contributed by atoms with Gasteiger partial charge in [-0.25, -0.2) is 0 Å². The molecule has 1 N–H and O–H groups in total. The van der Waals surface area contributed by atoms with E-state index in [9.17, 15) is 0 Å². The normalized spacial score (nSPS) is 39.0. The van der Waals surface area contributed by atoms with Crippen LogP contribution in [0.15, 0.2) is 12.1 Å². The van der Waals surface area contributed by atoms with Gasteiger partial charge < -0.3 is 5.32 Å². The molecule has 98 valence electrons. The zero-order valence-corrected chi connectivity index (χ0v) is 10.9. The lowest BCUT2D eigenvalue weighted by molar-refractivity contribution is 0.00739. The Hall–Kier alpha value is -1.63. The molecule has 19 heavy (non-hydrogen) atoms. The van der Waals surface area contributed by atoms with Gasteiger partial charge in [0.1, 0.15) is 11.9 Å². The van der Waals surface area contributed by atoms with Gasteiger partial charge in [-0.3, -0.25) is 0 Å². The molecule has 1 heterocycles. The Morgan fingerprint density at radius 2 is 1.68 bits per heavy atom. The Kier molecular flexibility index (Phi) is 2.48. The SMILES string of the molecule is N#Cc1ccc(NC2C3CC4CC(C3)CC2C4)nn1. The summed E-state index contributed by atoms with van der Waals surface area (Å²) in [5.74, 6) is 4.47. The Labute approximate surface area is 113 Å². The minimum Gasteiger partial charge on any atom is -0.365 e. The molecule has 1 aromatic rings. The summed E-state index contributed by atoms with van der Waals surface area (Å²) in [5.41, 5.74) is 0.385. The van der Waals surface area contributed by atoms with Gasteiger partial charge in [-0.1, -0.05) is 0 Å². The summed E-state index contributed by atoms with van der Waals surface area (Å²) in [6.45, 7) is 0. The first-order valence-electron chi connectivity index (χ1n) is 7.32.